The number of unbranched alkanes of at least 4 members (excludes halogenated alkanes) is 1. The van der Waals surface area contributed by atoms with E-state index in [-0.39, 0.29) is 23.6 Å². The molecule has 3 atom stereocenters. The van der Waals surface area contributed by atoms with Gasteiger partial charge in [-0.3, -0.25) is 4.79 Å². The molecule has 0 aromatic heterocycles. The molecule has 3 aliphatic rings. The van der Waals surface area contributed by atoms with Crippen molar-refractivity contribution < 1.29 is 9.59 Å². The van der Waals surface area contributed by atoms with Gasteiger partial charge in [-0.05, 0) is 19.8 Å². The number of hydrogen-bond acceptors (Lipinski definition) is 5. The maximum atomic E-state index is 11.7. The lowest BCUT2D eigenvalue weighted by molar-refractivity contribution is -0.121. The maximum Gasteiger partial charge on any atom is 0.315 e. The highest BCUT2D eigenvalue weighted by Gasteiger charge is 2.42. The molecule has 3 heterocycles. The number of carbonyl (C=O) groups excluding carboxylic acids is 2. The molecule has 0 aliphatic carbocycles. The fourth-order valence-corrected chi connectivity index (χ4v) is 4.51. The molecule has 122 valence electrons. The van der Waals surface area contributed by atoms with E-state index in [1.807, 2.05) is 18.7 Å². The van der Waals surface area contributed by atoms with Gasteiger partial charge in [0.2, 0.25) is 5.91 Å². The van der Waals surface area contributed by atoms with Crippen molar-refractivity contribution in [3.05, 3.63) is 0 Å². The molecule has 3 aliphatic heterocycles. The van der Waals surface area contributed by atoms with Crippen molar-refractivity contribution in [2.45, 2.75) is 62.0 Å². The highest BCUT2D eigenvalue weighted by atomic mass is 32.2. The van der Waals surface area contributed by atoms with Crippen LogP contribution in [-0.4, -0.2) is 47.2 Å². The van der Waals surface area contributed by atoms with Crippen LogP contribution in [0.15, 0.2) is 10.2 Å². The predicted molar refractivity (Wildman–Crippen MR) is 84.8 cm³/mol. The Labute approximate surface area is 134 Å². The quantitative estimate of drug-likeness (QED) is 0.465. The second-order valence-electron chi connectivity index (χ2n) is 6.38. The van der Waals surface area contributed by atoms with Crippen LogP contribution in [0.4, 0.5) is 4.79 Å². The molecule has 3 rings (SSSR count). The van der Waals surface area contributed by atoms with Crippen molar-refractivity contribution in [3.8, 4) is 0 Å². The van der Waals surface area contributed by atoms with Gasteiger partial charge in [-0.15, -0.1) is 0 Å². The molecule has 2 saturated heterocycles. The standard InChI is InChI=1S/C14H23N5O2S/c1-14(18-19-14)6-5-11(20)15-7-3-2-4-10-12-9(8-22-10)16-13(21)17-12/h9-10,12H,2-8H2,1H3,(H,15,20)(H2,16,17,21). The Bertz CT molecular complexity index is 478. The van der Waals surface area contributed by atoms with Crippen LogP contribution in [0.25, 0.3) is 0 Å². The van der Waals surface area contributed by atoms with Gasteiger partial charge in [-0.25, -0.2) is 4.79 Å². The minimum atomic E-state index is -0.284. The molecule has 7 nitrogen and oxygen atoms in total. The largest absolute Gasteiger partial charge is 0.356 e. The van der Waals surface area contributed by atoms with Crippen LogP contribution in [0.3, 0.4) is 0 Å². The molecule has 0 saturated carbocycles. The first-order chi connectivity index (χ1) is 10.6. The van der Waals surface area contributed by atoms with Crippen molar-refractivity contribution in [2.24, 2.45) is 10.2 Å². The molecule has 0 bridgehead atoms. The summed E-state index contributed by atoms with van der Waals surface area (Å²) in [5, 5.41) is 17.2. The van der Waals surface area contributed by atoms with E-state index in [0.717, 1.165) is 31.6 Å². The monoisotopic (exact) mass is 325 g/mol. The number of rotatable bonds is 8. The first kappa shape index (κ1) is 15.6. The van der Waals surface area contributed by atoms with Crippen LogP contribution < -0.4 is 16.0 Å². The summed E-state index contributed by atoms with van der Waals surface area (Å²) >= 11 is 1.93. The van der Waals surface area contributed by atoms with Crippen molar-refractivity contribution in [3.63, 3.8) is 0 Å². The zero-order valence-corrected chi connectivity index (χ0v) is 13.6. The summed E-state index contributed by atoms with van der Waals surface area (Å²) in [7, 11) is 0. The SMILES string of the molecule is CC1(CCC(=O)NCCCCC2SCC3NC(=O)NC32)N=N1. The van der Waals surface area contributed by atoms with Gasteiger partial charge in [0.25, 0.3) is 0 Å². The Morgan fingerprint density at radius 2 is 2.23 bits per heavy atom. The Balaban J connectivity index is 1.23. The van der Waals surface area contributed by atoms with Crippen LogP contribution in [0.1, 0.15) is 39.0 Å². The van der Waals surface area contributed by atoms with E-state index in [9.17, 15) is 9.59 Å². The number of carbonyl (C=O) groups is 2. The first-order valence-corrected chi connectivity index (χ1v) is 9.00. The van der Waals surface area contributed by atoms with Gasteiger partial charge in [0.05, 0.1) is 12.1 Å². The Kier molecular flexibility index (Phi) is 4.56. The van der Waals surface area contributed by atoms with E-state index in [1.54, 1.807) is 0 Å². The zero-order chi connectivity index (χ0) is 15.6. The third-order valence-corrected chi connectivity index (χ3v) is 5.95. The molecular weight excluding hydrogens is 302 g/mol. The Morgan fingerprint density at radius 1 is 1.41 bits per heavy atom. The fourth-order valence-electron chi connectivity index (χ4n) is 2.97. The fraction of sp³-hybridized carbons (Fsp3) is 0.857. The van der Waals surface area contributed by atoms with Gasteiger partial charge in [0.1, 0.15) is 0 Å². The Hall–Kier alpha value is -1.31. The lowest BCUT2D eigenvalue weighted by Crippen LogP contribution is -2.36. The van der Waals surface area contributed by atoms with Crippen molar-refractivity contribution in [2.75, 3.05) is 12.3 Å². The molecule has 22 heavy (non-hydrogen) atoms. The Morgan fingerprint density at radius 3 is 3.00 bits per heavy atom. The molecule has 0 aromatic carbocycles. The molecule has 0 radical (unpaired) electrons. The highest BCUT2D eigenvalue weighted by Crippen LogP contribution is 2.33. The minimum Gasteiger partial charge on any atom is -0.356 e. The van der Waals surface area contributed by atoms with Gasteiger partial charge in [0, 0.05) is 30.4 Å². The molecule has 3 amide bonds. The van der Waals surface area contributed by atoms with Crippen LogP contribution >= 0.6 is 11.8 Å². The van der Waals surface area contributed by atoms with Gasteiger partial charge < -0.3 is 16.0 Å². The third-order valence-electron chi connectivity index (χ3n) is 4.44. The molecule has 0 spiro atoms. The average molecular weight is 325 g/mol. The zero-order valence-electron chi connectivity index (χ0n) is 12.8. The van der Waals surface area contributed by atoms with Crippen molar-refractivity contribution in [1.82, 2.24) is 16.0 Å². The van der Waals surface area contributed by atoms with Gasteiger partial charge in [-0.1, -0.05) is 6.42 Å². The molecule has 0 aromatic rings. The molecule has 8 heteroatoms. The number of hydrogen-bond donors (Lipinski definition) is 3. The molecular formula is C14H23N5O2S. The number of nitrogens with one attached hydrogen (secondary N) is 3. The molecule has 3 unspecified atom stereocenters. The number of fused-ring (bicyclic) bond motifs is 1. The second-order valence-corrected chi connectivity index (χ2v) is 7.66. The van der Waals surface area contributed by atoms with E-state index < -0.39 is 0 Å². The second kappa shape index (κ2) is 6.44. The lowest BCUT2D eigenvalue weighted by Gasteiger charge is -2.16. The summed E-state index contributed by atoms with van der Waals surface area (Å²) < 4.78 is 0. The number of urea groups is 1. The summed E-state index contributed by atoms with van der Waals surface area (Å²) in [5.74, 6) is 1.08. The van der Waals surface area contributed by atoms with Gasteiger partial charge in [0.15, 0.2) is 5.66 Å². The summed E-state index contributed by atoms with van der Waals surface area (Å²) in [5.41, 5.74) is -0.284. The predicted octanol–water partition coefficient (Wildman–Crippen LogP) is 1.40. The third kappa shape index (κ3) is 3.91. The van der Waals surface area contributed by atoms with E-state index in [1.165, 1.54) is 0 Å². The van der Waals surface area contributed by atoms with E-state index in [2.05, 4.69) is 26.2 Å². The number of nitrogens with zero attached hydrogens (tertiary/aromatic N) is 2. The lowest BCUT2D eigenvalue weighted by atomic mass is 10.0. The smallest absolute Gasteiger partial charge is 0.315 e. The summed E-state index contributed by atoms with van der Waals surface area (Å²) in [6.45, 7) is 2.66. The molecule has 3 N–H and O–H groups in total. The first-order valence-electron chi connectivity index (χ1n) is 7.95. The van der Waals surface area contributed by atoms with E-state index in [0.29, 0.717) is 24.1 Å². The van der Waals surface area contributed by atoms with Crippen LogP contribution in [0.5, 0.6) is 0 Å². The van der Waals surface area contributed by atoms with Crippen molar-refractivity contribution in [1.29, 1.82) is 0 Å². The normalized spacial score (nSPS) is 30.6. The van der Waals surface area contributed by atoms with E-state index >= 15 is 0 Å². The van der Waals surface area contributed by atoms with E-state index in [4.69, 9.17) is 0 Å². The highest BCUT2D eigenvalue weighted by molar-refractivity contribution is 8.00. The maximum absolute atomic E-state index is 11.7. The minimum absolute atomic E-state index is 0.0320. The average Bonchev–Trinajstić information content (AvgIpc) is 2.93. The van der Waals surface area contributed by atoms with Gasteiger partial charge in [-0.2, -0.15) is 22.0 Å². The van der Waals surface area contributed by atoms with Crippen LogP contribution in [0.2, 0.25) is 0 Å². The summed E-state index contributed by atoms with van der Waals surface area (Å²) in [6, 6.07) is 0.538. The topological polar surface area (TPSA) is 95.0 Å². The van der Waals surface area contributed by atoms with Gasteiger partial charge >= 0.3 is 6.03 Å². The summed E-state index contributed by atoms with van der Waals surface area (Å²) in [6.07, 6.45) is 4.32. The number of thioether (sulfide) groups is 1. The number of amides is 3. The summed E-state index contributed by atoms with van der Waals surface area (Å²) in [4.78, 5) is 23.0. The van der Waals surface area contributed by atoms with Crippen molar-refractivity contribution >= 4 is 23.7 Å². The van der Waals surface area contributed by atoms with Crippen LogP contribution in [-0.2, 0) is 4.79 Å². The molecule has 2 fully saturated rings. The van der Waals surface area contributed by atoms with Crippen LogP contribution in [0, 0.1) is 0 Å².